The number of aryl methyl sites for hydroxylation is 1. The monoisotopic (exact) mass is 425 g/mol. The van der Waals surface area contributed by atoms with Crippen LogP contribution in [-0.4, -0.2) is 43.5 Å². The van der Waals surface area contributed by atoms with Crippen molar-refractivity contribution in [3.05, 3.63) is 16.1 Å². The van der Waals surface area contributed by atoms with Crippen LogP contribution in [0.4, 0.5) is 0 Å². The Morgan fingerprint density at radius 2 is 1.95 bits per heavy atom. The highest BCUT2D eigenvalue weighted by Crippen LogP contribution is 2.10. The number of amides is 1. The third kappa shape index (κ3) is 7.60. The highest BCUT2D eigenvalue weighted by molar-refractivity contribution is 14.0. The molecule has 0 atom stereocenters. The molecule has 1 amide bonds. The van der Waals surface area contributed by atoms with Gasteiger partial charge in [-0.25, -0.2) is 4.98 Å². The minimum atomic E-state index is -0.0688. The third-order valence-corrected chi connectivity index (χ3v) is 3.63. The average molecular weight is 425 g/mol. The van der Waals surface area contributed by atoms with Gasteiger partial charge in [0.15, 0.2) is 5.96 Å². The Morgan fingerprint density at radius 1 is 1.29 bits per heavy atom. The van der Waals surface area contributed by atoms with Crippen molar-refractivity contribution in [2.75, 3.05) is 26.7 Å². The fourth-order valence-electron chi connectivity index (χ4n) is 1.56. The Balaban J connectivity index is 0.00000400. The zero-order valence-electron chi connectivity index (χ0n) is 12.7. The van der Waals surface area contributed by atoms with Crippen molar-refractivity contribution >= 4 is 47.2 Å². The van der Waals surface area contributed by atoms with Crippen molar-refractivity contribution in [2.45, 2.75) is 26.7 Å². The Morgan fingerprint density at radius 3 is 2.52 bits per heavy atom. The van der Waals surface area contributed by atoms with Crippen molar-refractivity contribution in [1.29, 1.82) is 0 Å². The van der Waals surface area contributed by atoms with Crippen LogP contribution >= 0.6 is 35.3 Å². The standard InChI is InChI=1S/C13H23N5OS.HI/c1-4-5-6-16-13(14-3)17-8-7-15-12(19)11-10(2)18-9-20-11;/h9H,4-8H2,1-3H3,(H,15,19)(H2,14,16,17);1H. The highest BCUT2D eigenvalue weighted by atomic mass is 127. The molecule has 0 spiro atoms. The Bertz CT molecular complexity index is 450. The molecule has 0 bridgehead atoms. The number of carbonyl (C=O) groups excluding carboxylic acids is 1. The van der Waals surface area contributed by atoms with Crippen molar-refractivity contribution in [3.8, 4) is 0 Å². The van der Waals surface area contributed by atoms with Gasteiger partial charge in [-0.3, -0.25) is 9.79 Å². The van der Waals surface area contributed by atoms with Crippen LogP contribution in [0.2, 0.25) is 0 Å². The number of unbranched alkanes of at least 4 members (excludes halogenated alkanes) is 1. The number of hydrogen-bond acceptors (Lipinski definition) is 4. The molecular formula is C13H24IN5OS. The van der Waals surface area contributed by atoms with E-state index >= 15 is 0 Å². The first-order valence-electron chi connectivity index (χ1n) is 6.81. The van der Waals surface area contributed by atoms with E-state index in [1.165, 1.54) is 11.3 Å². The molecule has 3 N–H and O–H groups in total. The minimum Gasteiger partial charge on any atom is -0.356 e. The topological polar surface area (TPSA) is 78.4 Å². The summed E-state index contributed by atoms with van der Waals surface area (Å²) in [7, 11) is 1.74. The zero-order chi connectivity index (χ0) is 14.8. The number of nitrogens with one attached hydrogen (secondary N) is 3. The van der Waals surface area contributed by atoms with E-state index in [1.54, 1.807) is 12.6 Å². The first-order valence-corrected chi connectivity index (χ1v) is 7.69. The quantitative estimate of drug-likeness (QED) is 0.269. The molecule has 1 rings (SSSR count). The van der Waals surface area contributed by atoms with Crippen LogP contribution < -0.4 is 16.0 Å². The number of aliphatic imine (C=N–C) groups is 1. The molecule has 6 nitrogen and oxygen atoms in total. The van der Waals surface area contributed by atoms with Crippen LogP contribution in [0.1, 0.15) is 35.1 Å². The first-order chi connectivity index (χ1) is 9.69. The number of hydrogen-bond donors (Lipinski definition) is 3. The lowest BCUT2D eigenvalue weighted by atomic mass is 10.3. The second kappa shape index (κ2) is 11.7. The zero-order valence-corrected chi connectivity index (χ0v) is 15.9. The van der Waals surface area contributed by atoms with E-state index in [2.05, 4.69) is 32.9 Å². The highest BCUT2D eigenvalue weighted by Gasteiger charge is 2.10. The molecule has 0 radical (unpaired) electrons. The largest absolute Gasteiger partial charge is 0.356 e. The minimum absolute atomic E-state index is 0. The first kappa shape index (κ1) is 20.1. The van der Waals surface area contributed by atoms with Gasteiger partial charge in [0.05, 0.1) is 11.2 Å². The fraction of sp³-hybridized carbons (Fsp3) is 0.615. The molecule has 0 aliphatic heterocycles. The molecule has 0 unspecified atom stereocenters. The molecule has 1 aromatic heterocycles. The van der Waals surface area contributed by atoms with E-state index in [9.17, 15) is 4.79 Å². The van der Waals surface area contributed by atoms with Crippen molar-refractivity contribution in [2.24, 2.45) is 4.99 Å². The summed E-state index contributed by atoms with van der Waals surface area (Å²) in [6.07, 6.45) is 2.26. The summed E-state index contributed by atoms with van der Waals surface area (Å²) in [4.78, 5) is 20.7. The summed E-state index contributed by atoms with van der Waals surface area (Å²) in [6.45, 7) is 6.07. The lowest BCUT2D eigenvalue weighted by Gasteiger charge is -2.11. The molecule has 0 fully saturated rings. The molecular weight excluding hydrogens is 401 g/mol. The molecule has 1 heterocycles. The second-order valence-electron chi connectivity index (χ2n) is 4.30. The van der Waals surface area contributed by atoms with Crippen LogP contribution in [0, 0.1) is 6.92 Å². The molecule has 1 aromatic rings. The molecule has 120 valence electrons. The average Bonchev–Trinajstić information content (AvgIpc) is 2.87. The van der Waals surface area contributed by atoms with Crippen LogP contribution in [0.25, 0.3) is 0 Å². The van der Waals surface area contributed by atoms with Crippen LogP contribution in [0.15, 0.2) is 10.5 Å². The van der Waals surface area contributed by atoms with E-state index in [1.807, 2.05) is 6.92 Å². The van der Waals surface area contributed by atoms with Crippen LogP contribution in [-0.2, 0) is 0 Å². The Hall–Kier alpha value is -0.900. The maximum absolute atomic E-state index is 11.8. The van der Waals surface area contributed by atoms with E-state index in [-0.39, 0.29) is 29.9 Å². The van der Waals surface area contributed by atoms with Crippen molar-refractivity contribution in [1.82, 2.24) is 20.9 Å². The van der Waals surface area contributed by atoms with Gasteiger partial charge in [0.1, 0.15) is 4.88 Å². The van der Waals surface area contributed by atoms with E-state index in [4.69, 9.17) is 0 Å². The van der Waals surface area contributed by atoms with Gasteiger partial charge in [-0.15, -0.1) is 35.3 Å². The Labute approximate surface area is 147 Å². The number of carbonyl (C=O) groups is 1. The molecule has 0 aliphatic rings. The predicted octanol–water partition coefficient (Wildman–Crippen LogP) is 1.76. The maximum Gasteiger partial charge on any atom is 0.263 e. The van der Waals surface area contributed by atoms with Crippen molar-refractivity contribution < 1.29 is 4.79 Å². The van der Waals surface area contributed by atoms with Gasteiger partial charge >= 0.3 is 0 Å². The lowest BCUT2D eigenvalue weighted by molar-refractivity contribution is 0.0957. The van der Waals surface area contributed by atoms with Gasteiger partial charge in [-0.2, -0.15) is 0 Å². The lowest BCUT2D eigenvalue weighted by Crippen LogP contribution is -2.41. The number of aromatic nitrogens is 1. The van der Waals surface area contributed by atoms with Crippen LogP contribution in [0.3, 0.4) is 0 Å². The fourth-order valence-corrected chi connectivity index (χ4v) is 2.28. The molecule has 21 heavy (non-hydrogen) atoms. The van der Waals surface area contributed by atoms with Gasteiger partial charge in [0.25, 0.3) is 5.91 Å². The number of halogens is 1. The maximum atomic E-state index is 11.8. The van der Waals surface area contributed by atoms with Gasteiger partial charge in [0, 0.05) is 26.7 Å². The SMILES string of the molecule is CCCCNC(=NC)NCCNC(=O)c1scnc1C.I. The Kier molecular flexibility index (Phi) is 11.2. The third-order valence-electron chi connectivity index (χ3n) is 2.70. The summed E-state index contributed by atoms with van der Waals surface area (Å²) < 4.78 is 0. The summed E-state index contributed by atoms with van der Waals surface area (Å²) in [6, 6.07) is 0. The number of rotatable bonds is 7. The number of thiazole rings is 1. The van der Waals surface area contributed by atoms with Gasteiger partial charge < -0.3 is 16.0 Å². The van der Waals surface area contributed by atoms with E-state index in [0.29, 0.717) is 18.0 Å². The molecule has 0 aromatic carbocycles. The normalized spacial score (nSPS) is 10.7. The van der Waals surface area contributed by atoms with Gasteiger partial charge in [-0.1, -0.05) is 13.3 Å². The van der Waals surface area contributed by atoms with Gasteiger partial charge in [0.2, 0.25) is 0 Å². The summed E-state index contributed by atoms with van der Waals surface area (Å²) in [5.41, 5.74) is 2.46. The second-order valence-corrected chi connectivity index (χ2v) is 5.16. The number of nitrogens with zero attached hydrogens (tertiary/aromatic N) is 2. The van der Waals surface area contributed by atoms with E-state index < -0.39 is 0 Å². The molecule has 0 saturated heterocycles. The molecule has 8 heteroatoms. The summed E-state index contributed by atoms with van der Waals surface area (Å²) in [5.74, 6) is 0.697. The van der Waals surface area contributed by atoms with Gasteiger partial charge in [-0.05, 0) is 13.3 Å². The van der Waals surface area contributed by atoms with Crippen LogP contribution in [0.5, 0.6) is 0 Å². The molecule has 0 aliphatic carbocycles. The smallest absolute Gasteiger partial charge is 0.263 e. The van der Waals surface area contributed by atoms with Crippen molar-refractivity contribution in [3.63, 3.8) is 0 Å². The summed E-state index contributed by atoms with van der Waals surface area (Å²) in [5, 5.41) is 9.23. The predicted molar refractivity (Wildman–Crippen MR) is 98.9 cm³/mol. The number of guanidine groups is 1. The molecule has 0 saturated carbocycles. The summed E-state index contributed by atoms with van der Waals surface area (Å²) >= 11 is 1.36. The van der Waals surface area contributed by atoms with E-state index in [0.717, 1.165) is 31.0 Å².